The molecule has 4 aliphatic heterocycles. The van der Waals surface area contributed by atoms with E-state index in [1.807, 2.05) is 10.9 Å². The molecule has 3 aromatic heterocycles. The first-order valence-corrected chi connectivity index (χ1v) is 26.2. The fourth-order valence-corrected chi connectivity index (χ4v) is 10.8. The molecule has 3 aromatic carbocycles. The highest BCUT2D eigenvalue weighted by molar-refractivity contribution is 7.86. The highest BCUT2D eigenvalue weighted by Crippen LogP contribution is 2.41. The van der Waals surface area contributed by atoms with Crippen LogP contribution in [-0.4, -0.2) is 149 Å². The Morgan fingerprint density at radius 1 is 0.882 bits per heavy atom. The number of nitrogens with two attached hydrogens (primary N) is 1. The number of ether oxygens (including phenoxy) is 2. The molecule has 4 aliphatic rings. The monoisotopic (exact) mass is 1060 g/mol. The molecule has 3 saturated heterocycles. The fourth-order valence-electron chi connectivity index (χ4n) is 10.3. The first kappa shape index (κ1) is 51.8. The maximum absolute atomic E-state index is 13.7. The number of nitrogen functional groups attached to an aromatic ring is 1. The van der Waals surface area contributed by atoms with Crippen LogP contribution in [0.25, 0.3) is 33.3 Å². The predicted octanol–water partition coefficient (Wildman–Crippen LogP) is 5.31. The zero-order valence-corrected chi connectivity index (χ0v) is 42.4. The molecule has 5 amide bonds. The Hall–Kier alpha value is -7.70. The molecule has 24 heteroatoms. The molecule has 2 unspecified atom stereocenters. The Labute approximate surface area is 436 Å². The second-order valence-electron chi connectivity index (χ2n) is 19.2. The highest BCUT2D eigenvalue weighted by Gasteiger charge is 2.45. The van der Waals surface area contributed by atoms with Crippen molar-refractivity contribution in [1.82, 2.24) is 49.5 Å². The normalized spacial score (nSPS) is 18.6. The van der Waals surface area contributed by atoms with Gasteiger partial charge in [-0.3, -0.25) is 53.2 Å². The summed E-state index contributed by atoms with van der Waals surface area (Å²) in [6.07, 6.45) is 7.76. The molecular formula is C52H55F3N12O8S. The smallest absolute Gasteiger partial charge is 0.330 e. The summed E-state index contributed by atoms with van der Waals surface area (Å²) in [5, 5.41) is 12.4. The average molecular weight is 1070 g/mol. The van der Waals surface area contributed by atoms with Crippen LogP contribution in [0, 0.1) is 5.82 Å². The highest BCUT2D eigenvalue weighted by atomic mass is 32.2. The van der Waals surface area contributed by atoms with Crippen molar-refractivity contribution >= 4 is 62.9 Å². The number of pyridine rings is 1. The van der Waals surface area contributed by atoms with Crippen LogP contribution < -0.4 is 25.2 Å². The van der Waals surface area contributed by atoms with Gasteiger partial charge in [-0.2, -0.15) is 19.0 Å². The molecule has 0 saturated carbocycles. The molecule has 0 radical (unpaired) electrons. The van der Waals surface area contributed by atoms with Gasteiger partial charge in [-0.25, -0.2) is 13.6 Å². The van der Waals surface area contributed by atoms with E-state index in [9.17, 15) is 41.4 Å². The van der Waals surface area contributed by atoms with Crippen molar-refractivity contribution in [2.45, 2.75) is 63.0 Å². The number of piperazine rings is 1. The molecule has 7 heterocycles. The summed E-state index contributed by atoms with van der Waals surface area (Å²) in [6.45, 7) is 7.72. The lowest BCUT2D eigenvalue weighted by Crippen LogP contribution is -2.54. The van der Waals surface area contributed by atoms with Gasteiger partial charge in [-0.1, -0.05) is 18.2 Å². The third-order valence-electron chi connectivity index (χ3n) is 14.5. The molecular weight excluding hydrogens is 1010 g/mol. The van der Waals surface area contributed by atoms with Crippen molar-refractivity contribution in [3.05, 3.63) is 102 Å². The number of amides is 5. The van der Waals surface area contributed by atoms with Crippen LogP contribution in [0.3, 0.4) is 0 Å². The molecule has 20 nitrogen and oxygen atoms in total. The van der Waals surface area contributed by atoms with E-state index < -0.39 is 58.3 Å². The number of alkyl halides is 2. The first-order valence-electron chi connectivity index (χ1n) is 25.0. The number of halogens is 3. The van der Waals surface area contributed by atoms with E-state index in [4.69, 9.17) is 25.4 Å². The van der Waals surface area contributed by atoms with E-state index in [1.165, 1.54) is 36.4 Å². The van der Waals surface area contributed by atoms with Gasteiger partial charge in [-0.15, -0.1) is 0 Å². The topological polar surface area (TPSA) is 232 Å². The van der Waals surface area contributed by atoms with Gasteiger partial charge in [0.05, 0.1) is 40.0 Å². The molecule has 3 atom stereocenters. The van der Waals surface area contributed by atoms with E-state index in [-0.39, 0.29) is 65.5 Å². The number of aryl methyl sites for hydroxylation is 1. The number of nitrogens with zero attached hydrogens (tertiary/aromatic N) is 9. The number of fused-ring (bicyclic) bond motifs is 2. The number of piperidine rings is 2. The minimum absolute atomic E-state index is 0.0236. The zero-order valence-electron chi connectivity index (χ0n) is 41.6. The van der Waals surface area contributed by atoms with Gasteiger partial charge in [0, 0.05) is 81.8 Å². The summed E-state index contributed by atoms with van der Waals surface area (Å²) < 4.78 is 70.7. The van der Waals surface area contributed by atoms with Crippen molar-refractivity contribution < 1.29 is 50.8 Å². The molecule has 10 rings (SSSR count). The minimum Gasteiger partial charge on any atom is -0.484 e. The SMILES string of the molecule is C[C@H](Oc1cc(-c2nn(C)c3c(-c4cnn(C5CCN(CCCN6CCN(C(=O)COc7ccc8c(c7)C(=O)N(C7CCC(=O)NC7=O)C8=O)CC6)CC5)c4)cnc(N)c23)ccc1NS(=O)C(F)F)c1ccc(F)cc1. The second kappa shape index (κ2) is 21.9. The lowest BCUT2D eigenvalue weighted by atomic mass is 10.0. The number of hydrogen-bond acceptors (Lipinski definition) is 14. The lowest BCUT2D eigenvalue weighted by Gasteiger charge is -2.36. The summed E-state index contributed by atoms with van der Waals surface area (Å²) in [4.78, 5) is 75.4. The fraction of sp³-hybridized carbons (Fsp3) is 0.385. The van der Waals surface area contributed by atoms with Crippen molar-refractivity contribution in [3.63, 3.8) is 0 Å². The molecule has 4 N–H and O–H groups in total. The quantitative estimate of drug-likeness (QED) is 0.0984. The number of benzene rings is 3. The number of carbonyl (C=O) groups is 5. The number of hydrogen-bond donors (Lipinski definition) is 3. The predicted molar refractivity (Wildman–Crippen MR) is 274 cm³/mol. The van der Waals surface area contributed by atoms with Crippen molar-refractivity contribution in [3.8, 4) is 33.9 Å². The van der Waals surface area contributed by atoms with Crippen LogP contribution in [0.5, 0.6) is 11.5 Å². The number of carbonyl (C=O) groups excluding carboxylic acids is 5. The van der Waals surface area contributed by atoms with E-state index in [0.29, 0.717) is 40.8 Å². The standard InChI is InChI=1S/C52H55F3N12O8S/c1-30(31-4-7-34(53)8-5-31)75-42-24-32(6-11-40(42)61-76(73)52(54)55)46-45-47(62(2)60-46)39(27-57-48(45)56)33-26-58-66(28-33)35-14-18-63(19-15-35)16-3-17-64-20-22-65(23-21-64)44(69)29-74-36-9-10-37-38(25-36)51(72)67(50(37)71)41-12-13-43(68)59-49(41)70/h4-11,24-28,30,35,41,52,61H,3,12-23,29H2,1-2H3,(H2,56,57)(H,59,68,70)/t30-,41?,76?/m0/s1. The number of nitrogens with one attached hydrogen (secondary N) is 2. The number of imide groups is 2. The Kier molecular flexibility index (Phi) is 14.9. The number of likely N-dealkylation sites (tertiary alicyclic amines) is 1. The average Bonchev–Trinajstić information content (AvgIpc) is 4.17. The molecule has 76 heavy (non-hydrogen) atoms. The maximum Gasteiger partial charge on any atom is 0.330 e. The van der Waals surface area contributed by atoms with Gasteiger partial charge in [0.1, 0.15) is 41.0 Å². The Morgan fingerprint density at radius 3 is 2.33 bits per heavy atom. The van der Waals surface area contributed by atoms with E-state index in [1.54, 1.807) is 60.2 Å². The molecule has 6 aromatic rings. The van der Waals surface area contributed by atoms with Crippen LogP contribution in [0.15, 0.2) is 79.3 Å². The summed E-state index contributed by atoms with van der Waals surface area (Å²) in [7, 11) is -0.920. The lowest BCUT2D eigenvalue weighted by molar-refractivity contribution is -0.136. The Morgan fingerprint density at radius 2 is 1.61 bits per heavy atom. The molecule has 398 valence electrons. The molecule has 3 fully saturated rings. The van der Waals surface area contributed by atoms with Gasteiger partial charge in [0.15, 0.2) is 17.6 Å². The molecule has 0 aliphatic carbocycles. The summed E-state index contributed by atoms with van der Waals surface area (Å²) in [5.41, 5.74) is 10.7. The van der Waals surface area contributed by atoms with E-state index in [0.717, 1.165) is 74.6 Å². The van der Waals surface area contributed by atoms with Gasteiger partial charge >= 0.3 is 5.76 Å². The van der Waals surface area contributed by atoms with Crippen LogP contribution in [0.2, 0.25) is 0 Å². The zero-order chi connectivity index (χ0) is 53.4. The van der Waals surface area contributed by atoms with Crippen LogP contribution in [0.1, 0.15) is 77.5 Å². The van der Waals surface area contributed by atoms with Gasteiger partial charge in [0.2, 0.25) is 11.8 Å². The van der Waals surface area contributed by atoms with E-state index >= 15 is 0 Å². The van der Waals surface area contributed by atoms with Crippen molar-refractivity contribution in [2.75, 3.05) is 69.4 Å². The summed E-state index contributed by atoms with van der Waals surface area (Å²) in [5.74, 6) is -5.56. The third kappa shape index (κ3) is 10.7. The van der Waals surface area contributed by atoms with Crippen LogP contribution in [0.4, 0.5) is 24.7 Å². The molecule has 0 spiro atoms. The number of rotatable bonds is 17. The Bertz CT molecular complexity index is 3250. The molecule has 0 bridgehead atoms. The van der Waals surface area contributed by atoms with Crippen molar-refractivity contribution in [2.24, 2.45) is 7.05 Å². The van der Waals surface area contributed by atoms with Gasteiger partial charge < -0.3 is 25.0 Å². The maximum atomic E-state index is 13.7. The summed E-state index contributed by atoms with van der Waals surface area (Å²) in [6, 6.07) is 13.9. The third-order valence-corrected chi connectivity index (χ3v) is 15.2. The number of anilines is 2. The Balaban J connectivity index is 0.701. The second-order valence-corrected chi connectivity index (χ2v) is 20.4. The van der Waals surface area contributed by atoms with Crippen LogP contribution >= 0.6 is 0 Å². The van der Waals surface area contributed by atoms with Crippen LogP contribution in [-0.2, 0) is 32.4 Å². The minimum atomic E-state index is -3.15. The summed E-state index contributed by atoms with van der Waals surface area (Å²) >= 11 is 0. The van der Waals surface area contributed by atoms with Gasteiger partial charge in [0.25, 0.3) is 17.7 Å². The van der Waals surface area contributed by atoms with Gasteiger partial charge in [-0.05, 0) is 93.7 Å². The van der Waals surface area contributed by atoms with E-state index in [2.05, 4.69) is 24.8 Å². The first-order chi connectivity index (χ1) is 36.6. The largest absolute Gasteiger partial charge is 0.484 e. The number of aromatic nitrogens is 5. The van der Waals surface area contributed by atoms with Crippen molar-refractivity contribution in [1.29, 1.82) is 0 Å².